The molecule has 4 rings (SSSR count). The second kappa shape index (κ2) is 8.88. The fraction of sp³-hybridized carbons (Fsp3) is 0.167. The van der Waals surface area contributed by atoms with Crippen LogP contribution < -0.4 is 14.8 Å². The molecule has 1 aliphatic rings. The van der Waals surface area contributed by atoms with E-state index >= 15 is 0 Å². The standard InChI is InChI=1S/C24H20ClFN2O4/c1-31-20-10-5-15(11-21(20)32-2)24(30)28-13-22(29)27-19-9-6-16(25)12-18(19)23(28)14-3-7-17(26)8-4-14/h3-12,23H,13H2,1-2H3,(H,27,29). The Morgan fingerprint density at radius 3 is 2.44 bits per heavy atom. The van der Waals surface area contributed by atoms with Gasteiger partial charge in [-0.3, -0.25) is 9.59 Å². The van der Waals surface area contributed by atoms with Crippen molar-refractivity contribution in [2.24, 2.45) is 0 Å². The summed E-state index contributed by atoms with van der Waals surface area (Å²) in [6.45, 7) is -0.207. The number of methoxy groups -OCH3 is 2. The highest BCUT2D eigenvalue weighted by atomic mass is 35.5. The smallest absolute Gasteiger partial charge is 0.255 e. The van der Waals surface area contributed by atoms with Gasteiger partial charge in [0.2, 0.25) is 5.91 Å². The molecule has 1 atom stereocenters. The molecule has 32 heavy (non-hydrogen) atoms. The molecule has 0 saturated heterocycles. The van der Waals surface area contributed by atoms with E-state index in [2.05, 4.69) is 5.32 Å². The summed E-state index contributed by atoms with van der Waals surface area (Å²) in [5.41, 5.74) is 2.12. The predicted octanol–water partition coefficient (Wildman–Crippen LogP) is 4.68. The summed E-state index contributed by atoms with van der Waals surface area (Å²) >= 11 is 6.26. The van der Waals surface area contributed by atoms with Crippen LogP contribution >= 0.6 is 11.6 Å². The van der Waals surface area contributed by atoms with E-state index in [-0.39, 0.29) is 12.5 Å². The Hall–Kier alpha value is -3.58. The van der Waals surface area contributed by atoms with Crippen molar-refractivity contribution >= 4 is 29.1 Å². The molecule has 0 aromatic heterocycles. The van der Waals surface area contributed by atoms with Gasteiger partial charge in [0.25, 0.3) is 5.91 Å². The molecule has 1 heterocycles. The maximum absolute atomic E-state index is 13.7. The van der Waals surface area contributed by atoms with Crippen molar-refractivity contribution < 1.29 is 23.5 Å². The van der Waals surface area contributed by atoms with Crippen LogP contribution in [-0.2, 0) is 4.79 Å². The third-order valence-electron chi connectivity index (χ3n) is 5.29. The summed E-state index contributed by atoms with van der Waals surface area (Å²) in [7, 11) is 2.98. The second-order valence-corrected chi connectivity index (χ2v) is 7.67. The molecule has 164 valence electrons. The van der Waals surface area contributed by atoms with Crippen molar-refractivity contribution in [3.63, 3.8) is 0 Å². The van der Waals surface area contributed by atoms with Crippen LogP contribution in [-0.4, -0.2) is 37.5 Å². The monoisotopic (exact) mass is 454 g/mol. The van der Waals surface area contributed by atoms with Gasteiger partial charge in [0.05, 0.1) is 20.3 Å². The van der Waals surface area contributed by atoms with E-state index in [0.29, 0.717) is 38.9 Å². The second-order valence-electron chi connectivity index (χ2n) is 7.24. The molecule has 0 saturated carbocycles. The largest absolute Gasteiger partial charge is 0.493 e. The van der Waals surface area contributed by atoms with Gasteiger partial charge in [-0.2, -0.15) is 0 Å². The number of halogens is 2. The summed E-state index contributed by atoms with van der Waals surface area (Å²) in [6, 6.07) is 15.0. The molecule has 1 N–H and O–H groups in total. The molecule has 0 aliphatic carbocycles. The lowest BCUT2D eigenvalue weighted by Crippen LogP contribution is -2.39. The first-order valence-electron chi connectivity index (χ1n) is 9.79. The van der Waals surface area contributed by atoms with Gasteiger partial charge in [0.15, 0.2) is 11.5 Å². The van der Waals surface area contributed by atoms with Crippen molar-refractivity contribution in [2.45, 2.75) is 6.04 Å². The van der Waals surface area contributed by atoms with Crippen molar-refractivity contribution in [3.05, 3.63) is 88.2 Å². The Kier molecular flexibility index (Phi) is 6.01. The average molecular weight is 455 g/mol. The quantitative estimate of drug-likeness (QED) is 0.621. The lowest BCUT2D eigenvalue weighted by atomic mass is 9.95. The van der Waals surface area contributed by atoms with E-state index in [1.165, 1.54) is 31.3 Å². The Bertz CT molecular complexity index is 1180. The van der Waals surface area contributed by atoms with Gasteiger partial charge in [-0.25, -0.2) is 4.39 Å². The number of anilines is 1. The molecule has 1 unspecified atom stereocenters. The SMILES string of the molecule is COc1ccc(C(=O)N2CC(=O)Nc3ccc(Cl)cc3C2c2ccc(F)cc2)cc1OC. The van der Waals surface area contributed by atoms with Crippen molar-refractivity contribution in [1.82, 2.24) is 4.90 Å². The number of hydrogen-bond acceptors (Lipinski definition) is 4. The number of nitrogens with one attached hydrogen (secondary N) is 1. The van der Waals surface area contributed by atoms with E-state index < -0.39 is 17.8 Å². The van der Waals surface area contributed by atoms with Crippen LogP contribution in [0.2, 0.25) is 5.02 Å². The fourth-order valence-corrected chi connectivity index (χ4v) is 3.99. The lowest BCUT2D eigenvalue weighted by molar-refractivity contribution is -0.117. The van der Waals surface area contributed by atoms with E-state index in [4.69, 9.17) is 21.1 Å². The minimum absolute atomic E-state index is 0.207. The van der Waals surface area contributed by atoms with Crippen molar-refractivity contribution in [1.29, 1.82) is 0 Å². The molecule has 2 amide bonds. The Morgan fingerprint density at radius 1 is 1.03 bits per heavy atom. The van der Waals surface area contributed by atoms with Gasteiger partial charge in [-0.05, 0) is 54.1 Å². The number of hydrogen-bond donors (Lipinski definition) is 1. The minimum atomic E-state index is -0.677. The molecular formula is C24H20ClFN2O4. The van der Waals surface area contributed by atoms with Gasteiger partial charge >= 0.3 is 0 Å². The molecule has 0 radical (unpaired) electrons. The van der Waals surface area contributed by atoms with Gasteiger partial charge in [-0.1, -0.05) is 23.7 Å². The number of fused-ring (bicyclic) bond motifs is 1. The average Bonchev–Trinajstić information content (AvgIpc) is 2.94. The number of nitrogens with zero attached hydrogens (tertiary/aromatic N) is 1. The zero-order valence-electron chi connectivity index (χ0n) is 17.4. The lowest BCUT2D eigenvalue weighted by Gasteiger charge is -2.31. The molecule has 0 bridgehead atoms. The zero-order valence-corrected chi connectivity index (χ0v) is 18.2. The van der Waals surface area contributed by atoms with Gasteiger partial charge in [-0.15, -0.1) is 0 Å². The minimum Gasteiger partial charge on any atom is -0.493 e. The molecule has 0 fully saturated rings. The molecule has 8 heteroatoms. The number of benzene rings is 3. The van der Waals surface area contributed by atoms with Gasteiger partial charge < -0.3 is 19.7 Å². The predicted molar refractivity (Wildman–Crippen MR) is 119 cm³/mol. The summed E-state index contributed by atoms with van der Waals surface area (Å²) in [6.07, 6.45) is 0. The normalized spacial score (nSPS) is 15.4. The summed E-state index contributed by atoms with van der Waals surface area (Å²) in [4.78, 5) is 27.8. The number of carbonyl (C=O) groups is 2. The maximum atomic E-state index is 13.7. The summed E-state index contributed by atoms with van der Waals surface area (Å²) in [5, 5.41) is 3.28. The van der Waals surface area contributed by atoms with Crippen LogP contribution in [0.3, 0.4) is 0 Å². The van der Waals surface area contributed by atoms with Crippen LogP contribution in [0.15, 0.2) is 60.7 Å². The van der Waals surface area contributed by atoms with Gasteiger partial charge in [0, 0.05) is 21.8 Å². The topological polar surface area (TPSA) is 67.9 Å². The van der Waals surface area contributed by atoms with E-state index in [1.54, 1.807) is 48.5 Å². The third kappa shape index (κ3) is 4.11. The van der Waals surface area contributed by atoms with E-state index in [0.717, 1.165) is 0 Å². The highest BCUT2D eigenvalue weighted by molar-refractivity contribution is 6.30. The molecular weight excluding hydrogens is 435 g/mol. The van der Waals surface area contributed by atoms with E-state index in [9.17, 15) is 14.0 Å². The highest BCUT2D eigenvalue weighted by Crippen LogP contribution is 2.38. The van der Waals surface area contributed by atoms with Crippen LogP contribution in [0.25, 0.3) is 0 Å². The molecule has 6 nitrogen and oxygen atoms in total. The fourth-order valence-electron chi connectivity index (χ4n) is 3.81. The van der Waals surface area contributed by atoms with Gasteiger partial charge in [0.1, 0.15) is 12.4 Å². The Labute approximate surface area is 189 Å². The molecule has 3 aromatic carbocycles. The van der Waals surface area contributed by atoms with Crippen LogP contribution in [0, 0.1) is 5.82 Å². The Balaban J connectivity index is 1.87. The number of rotatable bonds is 4. The molecule has 3 aromatic rings. The van der Waals surface area contributed by atoms with Crippen LogP contribution in [0.1, 0.15) is 27.5 Å². The number of amides is 2. The summed E-state index contributed by atoms with van der Waals surface area (Å²) < 4.78 is 24.2. The Morgan fingerprint density at radius 2 is 1.75 bits per heavy atom. The third-order valence-corrected chi connectivity index (χ3v) is 5.52. The number of ether oxygens (including phenoxy) is 2. The number of carbonyl (C=O) groups excluding carboxylic acids is 2. The maximum Gasteiger partial charge on any atom is 0.255 e. The zero-order chi connectivity index (χ0) is 22.8. The van der Waals surface area contributed by atoms with Crippen LogP contribution in [0.4, 0.5) is 10.1 Å². The highest BCUT2D eigenvalue weighted by Gasteiger charge is 2.34. The van der Waals surface area contributed by atoms with E-state index in [1.807, 2.05) is 0 Å². The van der Waals surface area contributed by atoms with Crippen molar-refractivity contribution in [3.8, 4) is 11.5 Å². The summed E-state index contributed by atoms with van der Waals surface area (Å²) in [5.74, 6) is -0.291. The van der Waals surface area contributed by atoms with Crippen LogP contribution in [0.5, 0.6) is 11.5 Å². The first-order valence-corrected chi connectivity index (χ1v) is 10.2. The first kappa shape index (κ1) is 21.6. The first-order chi connectivity index (χ1) is 15.4. The van der Waals surface area contributed by atoms with Crippen molar-refractivity contribution in [2.75, 3.05) is 26.1 Å². The molecule has 0 spiro atoms. The molecule has 1 aliphatic heterocycles.